The first-order valence-corrected chi connectivity index (χ1v) is 5.73. The van der Waals surface area contributed by atoms with Crippen LogP contribution in [-0.2, 0) is 6.54 Å². The maximum absolute atomic E-state index is 13.4. The third kappa shape index (κ3) is 2.85. The van der Waals surface area contributed by atoms with Gasteiger partial charge in [0.25, 0.3) is 11.5 Å². The molecule has 2 rings (SSSR count). The average molecular weight is 261 g/mol. The van der Waals surface area contributed by atoms with E-state index in [0.29, 0.717) is 12.2 Å². The molecule has 0 aliphatic carbocycles. The molecule has 2 heterocycles. The van der Waals surface area contributed by atoms with E-state index in [2.05, 4.69) is 10.3 Å². The number of rotatable bonds is 3. The van der Waals surface area contributed by atoms with Crippen LogP contribution in [0.25, 0.3) is 0 Å². The Morgan fingerprint density at radius 2 is 2.21 bits per heavy atom. The van der Waals surface area contributed by atoms with Gasteiger partial charge in [-0.1, -0.05) is 0 Å². The number of nitrogens with zero attached hydrogens (tertiary/aromatic N) is 2. The van der Waals surface area contributed by atoms with E-state index in [1.54, 1.807) is 0 Å². The molecule has 0 fully saturated rings. The number of carbonyl (C=O) groups excluding carboxylic acids is 1. The Balaban J connectivity index is 2.24. The van der Waals surface area contributed by atoms with Crippen LogP contribution in [0.5, 0.6) is 0 Å². The lowest BCUT2D eigenvalue weighted by atomic mass is 10.2. The van der Waals surface area contributed by atoms with Crippen LogP contribution in [0.4, 0.5) is 10.1 Å². The van der Waals surface area contributed by atoms with Crippen molar-refractivity contribution in [3.8, 4) is 0 Å². The summed E-state index contributed by atoms with van der Waals surface area (Å²) in [6, 6.07) is 4.12. The summed E-state index contributed by atoms with van der Waals surface area (Å²) in [5, 5.41) is 2.53. The molecule has 6 heteroatoms. The second-order valence-electron chi connectivity index (χ2n) is 3.85. The maximum atomic E-state index is 13.4. The zero-order valence-corrected chi connectivity index (χ0v) is 10.3. The van der Waals surface area contributed by atoms with Crippen LogP contribution in [0.3, 0.4) is 0 Å². The molecule has 0 saturated heterocycles. The number of nitrogens with one attached hydrogen (secondary N) is 1. The lowest BCUT2D eigenvalue weighted by Gasteiger charge is -2.08. The normalized spacial score (nSPS) is 10.2. The first kappa shape index (κ1) is 12.9. The first-order chi connectivity index (χ1) is 9.11. The van der Waals surface area contributed by atoms with Crippen molar-refractivity contribution in [1.82, 2.24) is 9.55 Å². The van der Waals surface area contributed by atoms with E-state index in [-0.39, 0.29) is 11.1 Å². The van der Waals surface area contributed by atoms with Crippen LogP contribution < -0.4 is 10.9 Å². The molecule has 2 aromatic rings. The Hall–Kier alpha value is -2.50. The van der Waals surface area contributed by atoms with Crippen LogP contribution in [-0.4, -0.2) is 15.5 Å². The molecule has 2 aromatic heterocycles. The Labute approximate surface area is 108 Å². The summed E-state index contributed by atoms with van der Waals surface area (Å²) in [4.78, 5) is 26.8. The fourth-order valence-corrected chi connectivity index (χ4v) is 1.61. The monoisotopic (exact) mass is 261 g/mol. The molecule has 0 saturated carbocycles. The molecular weight excluding hydrogens is 249 g/mol. The van der Waals surface area contributed by atoms with Crippen LogP contribution >= 0.6 is 0 Å². The van der Waals surface area contributed by atoms with Crippen molar-refractivity contribution in [2.24, 2.45) is 0 Å². The van der Waals surface area contributed by atoms with Gasteiger partial charge in [-0.3, -0.25) is 14.6 Å². The second kappa shape index (κ2) is 5.43. The number of anilines is 1. The molecule has 98 valence electrons. The number of pyridine rings is 2. The number of hydrogen-bond donors (Lipinski definition) is 1. The van der Waals surface area contributed by atoms with Crippen molar-refractivity contribution in [2.45, 2.75) is 13.5 Å². The molecule has 0 spiro atoms. The highest BCUT2D eigenvalue weighted by Gasteiger charge is 2.11. The van der Waals surface area contributed by atoms with E-state index in [1.165, 1.54) is 35.2 Å². The summed E-state index contributed by atoms with van der Waals surface area (Å²) >= 11 is 0. The lowest BCUT2D eigenvalue weighted by Crippen LogP contribution is -2.20. The molecule has 19 heavy (non-hydrogen) atoms. The van der Waals surface area contributed by atoms with Gasteiger partial charge in [-0.05, 0) is 19.1 Å². The number of carbonyl (C=O) groups is 1. The standard InChI is InChI=1S/C13H12FN3O2/c1-2-17-8-9(3-4-12(17)18)16-13(19)10-5-6-15-7-11(10)14/h3-8H,2H2,1H3,(H,16,19). The zero-order chi connectivity index (χ0) is 13.8. The summed E-state index contributed by atoms with van der Waals surface area (Å²) in [6.45, 7) is 2.31. The quantitative estimate of drug-likeness (QED) is 0.913. The van der Waals surface area contributed by atoms with E-state index in [1.807, 2.05) is 6.92 Å². The minimum absolute atomic E-state index is 0.0933. The van der Waals surface area contributed by atoms with Gasteiger partial charge in [-0.25, -0.2) is 4.39 Å². The second-order valence-corrected chi connectivity index (χ2v) is 3.85. The van der Waals surface area contributed by atoms with Crippen molar-refractivity contribution < 1.29 is 9.18 Å². The highest BCUT2D eigenvalue weighted by Crippen LogP contribution is 2.09. The van der Waals surface area contributed by atoms with Gasteiger partial charge in [0.1, 0.15) is 0 Å². The third-order valence-corrected chi connectivity index (χ3v) is 2.60. The van der Waals surface area contributed by atoms with Crippen molar-refractivity contribution in [1.29, 1.82) is 0 Å². The van der Waals surface area contributed by atoms with Crippen LogP contribution in [0.15, 0.2) is 41.6 Å². The van der Waals surface area contributed by atoms with Gasteiger partial charge in [-0.15, -0.1) is 0 Å². The van der Waals surface area contributed by atoms with E-state index < -0.39 is 11.7 Å². The summed E-state index contributed by atoms with van der Waals surface area (Å²) in [6.07, 6.45) is 3.83. The summed E-state index contributed by atoms with van der Waals surface area (Å²) in [5.74, 6) is -1.27. The SMILES string of the molecule is CCn1cc(NC(=O)c2ccncc2F)ccc1=O. The number of amides is 1. The van der Waals surface area contributed by atoms with Crippen molar-refractivity contribution in [2.75, 3.05) is 5.32 Å². The van der Waals surface area contributed by atoms with Crippen LogP contribution in [0, 0.1) is 5.82 Å². The topological polar surface area (TPSA) is 64.0 Å². The van der Waals surface area contributed by atoms with Gasteiger partial charge >= 0.3 is 0 Å². The molecule has 0 bridgehead atoms. The smallest absolute Gasteiger partial charge is 0.258 e. The van der Waals surface area contributed by atoms with Crippen molar-refractivity contribution in [3.05, 3.63) is 58.5 Å². The van der Waals surface area contributed by atoms with Gasteiger partial charge in [-0.2, -0.15) is 0 Å². The van der Waals surface area contributed by atoms with E-state index in [4.69, 9.17) is 0 Å². The van der Waals surface area contributed by atoms with Gasteiger partial charge in [0.05, 0.1) is 17.4 Å². The Bertz CT molecular complexity index is 667. The van der Waals surface area contributed by atoms with E-state index in [0.717, 1.165) is 6.20 Å². The predicted octanol–water partition coefficient (Wildman–Crippen LogP) is 1.65. The highest BCUT2D eigenvalue weighted by atomic mass is 19.1. The molecule has 0 aromatic carbocycles. The van der Waals surface area contributed by atoms with Gasteiger partial charge in [0, 0.05) is 25.0 Å². The molecule has 5 nitrogen and oxygen atoms in total. The molecular formula is C13H12FN3O2. The molecule has 0 atom stereocenters. The minimum Gasteiger partial charge on any atom is -0.321 e. The summed E-state index contributed by atoms with van der Waals surface area (Å²) in [7, 11) is 0. The average Bonchev–Trinajstić information content (AvgIpc) is 2.41. The van der Waals surface area contributed by atoms with E-state index in [9.17, 15) is 14.0 Å². The Morgan fingerprint density at radius 1 is 1.42 bits per heavy atom. The van der Waals surface area contributed by atoms with Gasteiger partial charge in [0.15, 0.2) is 5.82 Å². The molecule has 1 amide bonds. The zero-order valence-electron chi connectivity index (χ0n) is 10.3. The van der Waals surface area contributed by atoms with Gasteiger partial charge < -0.3 is 9.88 Å². The molecule has 0 aliphatic rings. The number of aryl methyl sites for hydroxylation is 1. The number of halogens is 1. The Morgan fingerprint density at radius 3 is 2.89 bits per heavy atom. The number of aromatic nitrogens is 2. The molecule has 0 aliphatic heterocycles. The third-order valence-electron chi connectivity index (χ3n) is 2.60. The van der Waals surface area contributed by atoms with Crippen LogP contribution in [0.2, 0.25) is 0 Å². The fourth-order valence-electron chi connectivity index (χ4n) is 1.61. The highest BCUT2D eigenvalue weighted by molar-refractivity contribution is 6.04. The maximum Gasteiger partial charge on any atom is 0.258 e. The number of hydrogen-bond acceptors (Lipinski definition) is 3. The molecule has 0 unspecified atom stereocenters. The van der Waals surface area contributed by atoms with Crippen LogP contribution in [0.1, 0.15) is 17.3 Å². The fraction of sp³-hybridized carbons (Fsp3) is 0.154. The summed E-state index contributed by atoms with van der Waals surface area (Å²) in [5.41, 5.74) is 0.183. The van der Waals surface area contributed by atoms with E-state index >= 15 is 0 Å². The molecule has 0 radical (unpaired) electrons. The lowest BCUT2D eigenvalue weighted by molar-refractivity contribution is 0.102. The first-order valence-electron chi connectivity index (χ1n) is 5.73. The van der Waals surface area contributed by atoms with Gasteiger partial charge in [0.2, 0.25) is 0 Å². The Kier molecular flexibility index (Phi) is 3.70. The summed E-state index contributed by atoms with van der Waals surface area (Å²) < 4.78 is 14.8. The largest absolute Gasteiger partial charge is 0.321 e. The predicted molar refractivity (Wildman–Crippen MR) is 68.5 cm³/mol. The minimum atomic E-state index is -0.691. The van der Waals surface area contributed by atoms with Crippen molar-refractivity contribution >= 4 is 11.6 Å². The van der Waals surface area contributed by atoms with Crippen molar-refractivity contribution in [3.63, 3.8) is 0 Å². The molecule has 1 N–H and O–H groups in total.